The molecule has 2 aromatic heterocycles. The van der Waals surface area contributed by atoms with Crippen molar-refractivity contribution in [2.24, 2.45) is 0 Å². The van der Waals surface area contributed by atoms with E-state index < -0.39 is 6.10 Å². The van der Waals surface area contributed by atoms with Crippen molar-refractivity contribution in [3.05, 3.63) is 58.4 Å². The van der Waals surface area contributed by atoms with Gasteiger partial charge in [0.25, 0.3) is 0 Å². The molecule has 0 amide bonds. The smallest absolute Gasteiger partial charge is 0.335 e. The normalized spacial score (nSPS) is 11.9. The van der Waals surface area contributed by atoms with Crippen molar-refractivity contribution in [3.63, 3.8) is 0 Å². The highest BCUT2D eigenvalue weighted by atomic mass is 32.1. The zero-order valence-corrected chi connectivity index (χ0v) is 19.8. The van der Waals surface area contributed by atoms with E-state index in [-0.39, 0.29) is 5.97 Å². The Balaban J connectivity index is 1.60. The van der Waals surface area contributed by atoms with Crippen LogP contribution in [-0.2, 0) is 33.7 Å². The quantitative estimate of drug-likeness (QED) is 0.392. The molecule has 3 aromatic rings. The Morgan fingerprint density at radius 2 is 1.75 bits per heavy atom. The first-order valence-corrected chi connectivity index (χ1v) is 11.6. The topological polar surface area (TPSA) is 83.4 Å². The number of carbonyl (C=O) groups is 1. The molecule has 0 aliphatic rings. The van der Waals surface area contributed by atoms with Gasteiger partial charge < -0.3 is 14.2 Å². The third kappa shape index (κ3) is 6.34. The molecular weight excluding hydrogens is 426 g/mol. The van der Waals surface area contributed by atoms with Crippen LogP contribution >= 0.6 is 11.3 Å². The van der Waals surface area contributed by atoms with Gasteiger partial charge in [0.2, 0.25) is 0 Å². The molecule has 0 bridgehead atoms. The first-order valence-electron chi connectivity index (χ1n) is 10.8. The fraction of sp³-hybridized carbons (Fsp3) is 0.417. The van der Waals surface area contributed by atoms with E-state index in [2.05, 4.69) is 21.9 Å². The van der Waals surface area contributed by atoms with Gasteiger partial charge in [-0.05, 0) is 50.5 Å². The summed E-state index contributed by atoms with van der Waals surface area (Å²) in [6, 6.07) is 7.67. The van der Waals surface area contributed by atoms with E-state index >= 15 is 0 Å². The van der Waals surface area contributed by atoms with Gasteiger partial charge in [-0.2, -0.15) is 0 Å². The molecule has 0 N–H and O–H groups in total. The Kier molecular flexibility index (Phi) is 8.70. The van der Waals surface area contributed by atoms with Crippen LogP contribution in [0, 0.1) is 6.92 Å². The van der Waals surface area contributed by atoms with Crippen LogP contribution < -0.4 is 4.74 Å². The zero-order valence-electron chi connectivity index (χ0n) is 19.0. The van der Waals surface area contributed by atoms with Crippen molar-refractivity contribution in [1.29, 1.82) is 0 Å². The van der Waals surface area contributed by atoms with E-state index in [4.69, 9.17) is 14.2 Å². The van der Waals surface area contributed by atoms with Gasteiger partial charge in [0.15, 0.2) is 16.9 Å². The Hall–Kier alpha value is -2.84. The Bertz CT molecular complexity index is 1000. The molecule has 170 valence electrons. The number of thiazole rings is 1. The minimum absolute atomic E-state index is 0.334. The van der Waals surface area contributed by atoms with Crippen LogP contribution in [0.3, 0.4) is 0 Å². The summed E-state index contributed by atoms with van der Waals surface area (Å²) in [5.74, 6) is 1.05. The predicted octanol–water partition coefficient (Wildman–Crippen LogP) is 4.56. The average molecular weight is 456 g/mol. The molecule has 3 rings (SSSR count). The third-order valence-corrected chi connectivity index (χ3v) is 5.96. The van der Waals surface area contributed by atoms with E-state index in [0.717, 1.165) is 38.9 Å². The number of nitrogens with zero attached hydrogens (tertiary/aromatic N) is 3. The van der Waals surface area contributed by atoms with Crippen molar-refractivity contribution in [2.75, 3.05) is 13.2 Å². The molecule has 0 spiro atoms. The Labute approximate surface area is 192 Å². The summed E-state index contributed by atoms with van der Waals surface area (Å²) in [5, 5.41) is 0.792. The average Bonchev–Trinajstić information content (AvgIpc) is 3.19. The van der Waals surface area contributed by atoms with E-state index in [1.807, 2.05) is 50.5 Å². The van der Waals surface area contributed by atoms with Gasteiger partial charge in [0.1, 0.15) is 12.4 Å². The number of aromatic nitrogens is 3. The van der Waals surface area contributed by atoms with Crippen LogP contribution in [0.4, 0.5) is 0 Å². The lowest BCUT2D eigenvalue weighted by atomic mass is 10.1. The minimum atomic E-state index is -0.599. The molecule has 0 aliphatic heterocycles. The maximum absolute atomic E-state index is 12.0. The number of ether oxygens (including phenoxy) is 3. The van der Waals surface area contributed by atoms with E-state index in [1.165, 1.54) is 0 Å². The first kappa shape index (κ1) is 23.8. The van der Waals surface area contributed by atoms with E-state index in [1.54, 1.807) is 18.3 Å². The van der Waals surface area contributed by atoms with Gasteiger partial charge in [0.05, 0.1) is 17.2 Å². The third-order valence-electron chi connectivity index (χ3n) is 4.83. The molecular formula is C24H29N3O4S. The number of benzene rings is 1. The van der Waals surface area contributed by atoms with Crippen molar-refractivity contribution < 1.29 is 19.0 Å². The van der Waals surface area contributed by atoms with Crippen molar-refractivity contribution in [1.82, 2.24) is 15.0 Å². The highest BCUT2D eigenvalue weighted by Gasteiger charge is 2.20. The molecule has 0 aliphatic carbocycles. The molecule has 1 aromatic carbocycles. The highest BCUT2D eigenvalue weighted by molar-refractivity contribution is 7.15. The van der Waals surface area contributed by atoms with Crippen LogP contribution in [0.5, 0.6) is 5.75 Å². The lowest BCUT2D eigenvalue weighted by molar-refractivity contribution is -0.156. The second kappa shape index (κ2) is 11.7. The summed E-state index contributed by atoms with van der Waals surface area (Å²) < 4.78 is 16.6. The van der Waals surface area contributed by atoms with Gasteiger partial charge in [-0.1, -0.05) is 19.1 Å². The maximum atomic E-state index is 12.0. The number of hydrogen-bond donors (Lipinski definition) is 0. The second-order valence-electron chi connectivity index (χ2n) is 7.13. The maximum Gasteiger partial charge on any atom is 0.335 e. The molecule has 1 atom stereocenters. The highest BCUT2D eigenvalue weighted by Crippen LogP contribution is 2.27. The first-order chi connectivity index (χ1) is 15.5. The zero-order chi connectivity index (χ0) is 22.9. The Morgan fingerprint density at radius 3 is 2.38 bits per heavy atom. The molecule has 8 heteroatoms. The number of aryl methyl sites for hydroxylation is 2. The number of carbonyl (C=O) groups excluding carboxylic acids is 1. The minimum Gasteiger partial charge on any atom is -0.488 e. The molecule has 32 heavy (non-hydrogen) atoms. The predicted molar refractivity (Wildman–Crippen MR) is 124 cm³/mol. The van der Waals surface area contributed by atoms with Crippen molar-refractivity contribution >= 4 is 17.3 Å². The molecule has 0 radical (unpaired) electrons. The van der Waals surface area contributed by atoms with Gasteiger partial charge >= 0.3 is 5.97 Å². The van der Waals surface area contributed by atoms with Crippen molar-refractivity contribution in [3.8, 4) is 16.6 Å². The van der Waals surface area contributed by atoms with Crippen LogP contribution in [-0.4, -0.2) is 40.2 Å². The van der Waals surface area contributed by atoms with Gasteiger partial charge in [-0.3, -0.25) is 0 Å². The number of rotatable bonds is 11. The van der Waals surface area contributed by atoms with E-state index in [9.17, 15) is 4.79 Å². The second-order valence-corrected chi connectivity index (χ2v) is 8.21. The summed E-state index contributed by atoms with van der Waals surface area (Å²) in [4.78, 5) is 26.5. The lowest BCUT2D eigenvalue weighted by Gasteiger charge is -2.15. The molecule has 2 heterocycles. The summed E-state index contributed by atoms with van der Waals surface area (Å²) in [6.45, 7) is 8.90. The van der Waals surface area contributed by atoms with Crippen molar-refractivity contribution in [2.45, 2.75) is 53.2 Å². The largest absolute Gasteiger partial charge is 0.488 e. The van der Waals surface area contributed by atoms with Crippen LogP contribution in [0.25, 0.3) is 10.8 Å². The standard InChI is InChI=1S/C24H29N3O4S/c1-5-17-13-25-22(26-14-17)23-27-16(4)21(32-23)15-31-19-10-8-18(9-11-19)12-20(29-6-2)24(28)30-7-3/h8-11,13-14,20H,5-7,12,15H2,1-4H3. The molecule has 1 unspecified atom stereocenters. The van der Waals surface area contributed by atoms with Crippen LogP contribution in [0.1, 0.15) is 42.5 Å². The molecule has 0 fully saturated rings. The summed E-state index contributed by atoms with van der Waals surface area (Å²) in [7, 11) is 0. The summed E-state index contributed by atoms with van der Waals surface area (Å²) in [5.41, 5.74) is 3.00. The van der Waals surface area contributed by atoms with E-state index in [0.29, 0.717) is 32.1 Å². The molecule has 0 saturated carbocycles. The number of esters is 1. The van der Waals surface area contributed by atoms with Crippen LogP contribution in [0.15, 0.2) is 36.7 Å². The Morgan fingerprint density at radius 1 is 1.03 bits per heavy atom. The summed E-state index contributed by atoms with van der Waals surface area (Å²) in [6.07, 6.45) is 4.45. The lowest BCUT2D eigenvalue weighted by Crippen LogP contribution is -2.28. The van der Waals surface area contributed by atoms with Gasteiger partial charge in [-0.15, -0.1) is 11.3 Å². The fourth-order valence-electron chi connectivity index (χ4n) is 3.04. The molecule has 7 nitrogen and oxygen atoms in total. The summed E-state index contributed by atoms with van der Waals surface area (Å²) >= 11 is 1.54. The monoisotopic (exact) mass is 455 g/mol. The number of hydrogen-bond acceptors (Lipinski definition) is 8. The van der Waals surface area contributed by atoms with Crippen LogP contribution in [0.2, 0.25) is 0 Å². The molecule has 0 saturated heterocycles. The SMILES string of the molecule is CCOC(=O)C(Cc1ccc(OCc2sc(-c3ncc(CC)cn3)nc2C)cc1)OCC. The van der Waals surface area contributed by atoms with Gasteiger partial charge in [-0.25, -0.2) is 19.7 Å². The van der Waals surface area contributed by atoms with Gasteiger partial charge in [0, 0.05) is 25.4 Å². The fourth-order valence-corrected chi connectivity index (χ4v) is 3.96.